The third kappa shape index (κ3) is 7.90. The van der Waals surface area contributed by atoms with Crippen LogP contribution in [0.4, 0.5) is 0 Å². The zero-order valence-electron chi connectivity index (χ0n) is 7.76. The van der Waals surface area contributed by atoms with Crippen molar-refractivity contribution >= 4 is 5.97 Å². The van der Waals surface area contributed by atoms with Crippen LogP contribution in [0, 0.1) is 0 Å². The highest BCUT2D eigenvalue weighted by atomic mass is 17.1. The molecule has 0 bridgehead atoms. The summed E-state index contributed by atoms with van der Waals surface area (Å²) in [6.07, 6.45) is -0.00312. The van der Waals surface area contributed by atoms with E-state index >= 15 is 0 Å². The second-order valence-corrected chi connectivity index (χ2v) is 2.65. The van der Waals surface area contributed by atoms with Crippen molar-refractivity contribution in [2.45, 2.75) is 6.42 Å². The van der Waals surface area contributed by atoms with Gasteiger partial charge in [-0.05, 0) is 0 Å². The topological polar surface area (TPSA) is 99.5 Å². The summed E-state index contributed by atoms with van der Waals surface area (Å²) in [5.41, 5.74) is 0. The van der Waals surface area contributed by atoms with Gasteiger partial charge in [-0.3, -0.25) is 20.2 Å². The van der Waals surface area contributed by atoms with Crippen LogP contribution in [0.5, 0.6) is 0 Å². The van der Waals surface area contributed by atoms with Crippen molar-refractivity contribution in [3.63, 3.8) is 0 Å². The molecule has 0 atom stereocenters. The molecule has 14 heavy (non-hydrogen) atoms. The number of nitrogens with zero attached hydrogens (tertiary/aromatic N) is 1. The van der Waals surface area contributed by atoms with Gasteiger partial charge < -0.3 is 5.11 Å². The van der Waals surface area contributed by atoms with Gasteiger partial charge in [0.25, 0.3) is 0 Å². The molecule has 0 saturated heterocycles. The average molecular weight is 209 g/mol. The molecule has 0 unspecified atom stereocenters. The predicted octanol–water partition coefficient (Wildman–Crippen LogP) is -0.258. The maximum atomic E-state index is 10.3. The minimum absolute atomic E-state index is 0.00312. The third-order valence-corrected chi connectivity index (χ3v) is 1.64. The molecule has 0 rings (SSSR count). The Balaban J connectivity index is 3.65. The minimum Gasteiger partial charge on any atom is -0.481 e. The molecule has 3 N–H and O–H groups in total. The van der Waals surface area contributed by atoms with Gasteiger partial charge in [-0.2, -0.15) is 0 Å². The molecule has 0 aromatic rings. The van der Waals surface area contributed by atoms with E-state index in [1.54, 1.807) is 4.90 Å². The number of carboxylic acid groups (broad SMARTS) is 1. The van der Waals surface area contributed by atoms with Crippen molar-refractivity contribution in [1.29, 1.82) is 0 Å². The summed E-state index contributed by atoms with van der Waals surface area (Å²) in [5, 5.41) is 24.6. The first kappa shape index (κ1) is 13.3. The van der Waals surface area contributed by atoms with Gasteiger partial charge in [0.05, 0.1) is 19.6 Å². The van der Waals surface area contributed by atoms with Crippen molar-refractivity contribution < 1.29 is 30.2 Å². The average Bonchev–Trinajstić information content (AvgIpc) is 2.16. The van der Waals surface area contributed by atoms with Gasteiger partial charge in [0.1, 0.15) is 0 Å². The summed E-state index contributed by atoms with van der Waals surface area (Å²) in [7, 11) is 0. The maximum absolute atomic E-state index is 10.3. The van der Waals surface area contributed by atoms with Gasteiger partial charge in [0, 0.05) is 19.6 Å². The van der Waals surface area contributed by atoms with E-state index in [2.05, 4.69) is 9.78 Å². The Kier molecular flexibility index (Phi) is 8.39. The normalized spacial score (nSPS) is 10.8. The highest BCUT2D eigenvalue weighted by Gasteiger charge is 2.07. The van der Waals surface area contributed by atoms with Gasteiger partial charge >= 0.3 is 5.97 Å². The first-order valence-corrected chi connectivity index (χ1v) is 4.17. The lowest BCUT2D eigenvalue weighted by molar-refractivity contribution is -0.251. The Bertz CT molecular complexity index is 145. The number of hydrogen-bond donors (Lipinski definition) is 3. The van der Waals surface area contributed by atoms with Crippen LogP contribution in [0.3, 0.4) is 0 Å². The highest BCUT2D eigenvalue weighted by molar-refractivity contribution is 5.66. The molecule has 0 spiro atoms. The number of carboxylic acids is 1. The van der Waals surface area contributed by atoms with E-state index in [1.807, 2.05) is 0 Å². The quantitative estimate of drug-likeness (QED) is 0.355. The SMILES string of the molecule is O=C(O)CCN(CCOO)CCOO. The van der Waals surface area contributed by atoms with E-state index in [1.165, 1.54) is 0 Å². The highest BCUT2D eigenvalue weighted by Crippen LogP contribution is 1.92. The Labute approximate surface area is 81.3 Å². The third-order valence-electron chi connectivity index (χ3n) is 1.64. The van der Waals surface area contributed by atoms with Gasteiger partial charge in [-0.15, -0.1) is 0 Å². The molecule has 0 amide bonds. The van der Waals surface area contributed by atoms with Crippen molar-refractivity contribution in [3.8, 4) is 0 Å². The van der Waals surface area contributed by atoms with E-state index in [-0.39, 0.29) is 19.6 Å². The lowest BCUT2D eigenvalue weighted by atomic mass is 10.3. The van der Waals surface area contributed by atoms with Gasteiger partial charge in [0.2, 0.25) is 0 Å². The fourth-order valence-electron chi connectivity index (χ4n) is 0.929. The summed E-state index contributed by atoms with van der Waals surface area (Å²) in [4.78, 5) is 19.7. The van der Waals surface area contributed by atoms with Crippen molar-refractivity contribution in [3.05, 3.63) is 0 Å². The van der Waals surface area contributed by atoms with Crippen LogP contribution in [-0.2, 0) is 14.6 Å². The van der Waals surface area contributed by atoms with E-state index in [0.29, 0.717) is 19.6 Å². The molecule has 0 heterocycles. The molecule has 0 aromatic heterocycles. The summed E-state index contributed by atoms with van der Waals surface area (Å²) in [6.45, 7) is 1.26. The minimum atomic E-state index is -0.898. The molecule has 0 aromatic carbocycles. The molecule has 7 nitrogen and oxygen atoms in total. The summed E-state index contributed by atoms with van der Waals surface area (Å²) < 4.78 is 0. The maximum Gasteiger partial charge on any atom is 0.304 e. The van der Waals surface area contributed by atoms with E-state index < -0.39 is 5.97 Å². The van der Waals surface area contributed by atoms with Crippen LogP contribution in [0.25, 0.3) is 0 Å². The van der Waals surface area contributed by atoms with Crippen LogP contribution in [0.2, 0.25) is 0 Å². The zero-order chi connectivity index (χ0) is 10.8. The first-order chi connectivity index (χ1) is 6.70. The van der Waals surface area contributed by atoms with Crippen LogP contribution >= 0.6 is 0 Å². The van der Waals surface area contributed by atoms with Gasteiger partial charge in [-0.1, -0.05) is 0 Å². The van der Waals surface area contributed by atoms with E-state index in [9.17, 15) is 4.79 Å². The lowest BCUT2D eigenvalue weighted by Crippen LogP contribution is -2.32. The number of carbonyl (C=O) groups is 1. The molecule has 0 fully saturated rings. The molecule has 84 valence electrons. The summed E-state index contributed by atoms with van der Waals surface area (Å²) in [6, 6.07) is 0. The number of hydrogen-bond acceptors (Lipinski definition) is 6. The fourth-order valence-corrected chi connectivity index (χ4v) is 0.929. The molecule has 7 heteroatoms. The van der Waals surface area contributed by atoms with E-state index in [4.69, 9.17) is 15.6 Å². The zero-order valence-corrected chi connectivity index (χ0v) is 7.76. The number of rotatable bonds is 9. The second-order valence-electron chi connectivity index (χ2n) is 2.65. The fraction of sp³-hybridized carbons (Fsp3) is 0.857. The molecule has 0 aliphatic heterocycles. The van der Waals surface area contributed by atoms with Crippen LogP contribution in [0.15, 0.2) is 0 Å². The lowest BCUT2D eigenvalue weighted by Gasteiger charge is -2.19. The van der Waals surface area contributed by atoms with Gasteiger partial charge in [-0.25, -0.2) is 9.78 Å². The van der Waals surface area contributed by atoms with Gasteiger partial charge in [0.15, 0.2) is 0 Å². The second kappa shape index (κ2) is 8.85. The molecular weight excluding hydrogens is 194 g/mol. The summed E-state index contributed by atoms with van der Waals surface area (Å²) >= 11 is 0. The van der Waals surface area contributed by atoms with Crippen molar-refractivity contribution in [2.75, 3.05) is 32.8 Å². The molecule has 0 saturated carbocycles. The smallest absolute Gasteiger partial charge is 0.304 e. The predicted molar refractivity (Wildman–Crippen MR) is 45.9 cm³/mol. The molecule has 0 aliphatic carbocycles. The Hall–Kier alpha value is -0.730. The van der Waals surface area contributed by atoms with Crippen molar-refractivity contribution in [1.82, 2.24) is 4.90 Å². The van der Waals surface area contributed by atoms with Crippen LogP contribution in [-0.4, -0.2) is 59.3 Å². The molecular formula is C7H15NO6. The Morgan fingerprint density at radius 3 is 1.93 bits per heavy atom. The first-order valence-electron chi connectivity index (χ1n) is 4.17. The largest absolute Gasteiger partial charge is 0.481 e. The molecule has 0 radical (unpaired) electrons. The van der Waals surface area contributed by atoms with Crippen LogP contribution < -0.4 is 0 Å². The Morgan fingerprint density at radius 2 is 1.57 bits per heavy atom. The Morgan fingerprint density at radius 1 is 1.07 bits per heavy atom. The van der Waals surface area contributed by atoms with Crippen LogP contribution in [0.1, 0.15) is 6.42 Å². The monoisotopic (exact) mass is 209 g/mol. The summed E-state index contributed by atoms with van der Waals surface area (Å²) in [5.74, 6) is -0.898. The number of aliphatic carboxylic acids is 1. The van der Waals surface area contributed by atoms with E-state index in [0.717, 1.165) is 0 Å². The van der Waals surface area contributed by atoms with Crippen molar-refractivity contribution in [2.24, 2.45) is 0 Å². The standard InChI is InChI=1S/C7H15NO6/c9-7(10)1-2-8(3-5-13-11)4-6-14-12/h11-12H,1-6H2,(H,9,10). The molecule has 0 aliphatic rings.